The van der Waals surface area contributed by atoms with Crippen molar-refractivity contribution in [3.63, 3.8) is 0 Å². The number of phenolic OH excluding ortho intramolecular Hbond substituents is 1. The Labute approximate surface area is 89.7 Å². The summed E-state index contributed by atoms with van der Waals surface area (Å²) in [5, 5.41) is 10.4. The SMILES string of the molecule is Cc1cc(Cl)c(C(C)CN)c(C)c1O. The third-order valence-electron chi connectivity index (χ3n) is 2.58. The summed E-state index contributed by atoms with van der Waals surface area (Å²) in [4.78, 5) is 0. The standard InChI is InChI=1S/C11H16ClNO/c1-6-4-9(12)10(7(2)5-13)8(3)11(6)14/h4,7,14H,5,13H2,1-3H3. The van der Waals surface area contributed by atoms with Crippen LogP contribution in [-0.4, -0.2) is 11.7 Å². The molecule has 0 aliphatic heterocycles. The number of hydrogen-bond acceptors (Lipinski definition) is 2. The smallest absolute Gasteiger partial charge is 0.121 e. The van der Waals surface area contributed by atoms with Crippen molar-refractivity contribution in [1.82, 2.24) is 0 Å². The van der Waals surface area contributed by atoms with E-state index in [-0.39, 0.29) is 5.92 Å². The second-order valence-electron chi connectivity index (χ2n) is 3.70. The minimum Gasteiger partial charge on any atom is -0.507 e. The molecule has 3 N–H and O–H groups in total. The lowest BCUT2D eigenvalue weighted by molar-refractivity contribution is 0.465. The summed E-state index contributed by atoms with van der Waals surface area (Å²) in [6, 6.07) is 1.78. The molecular weight excluding hydrogens is 198 g/mol. The van der Waals surface area contributed by atoms with Crippen LogP contribution in [0.5, 0.6) is 5.75 Å². The van der Waals surface area contributed by atoms with Crippen LogP contribution in [0.4, 0.5) is 0 Å². The Balaban J connectivity index is 3.36. The van der Waals surface area contributed by atoms with Gasteiger partial charge in [0.1, 0.15) is 5.75 Å². The molecule has 3 heteroatoms. The van der Waals surface area contributed by atoms with E-state index in [1.54, 1.807) is 6.07 Å². The van der Waals surface area contributed by atoms with Gasteiger partial charge in [0.2, 0.25) is 0 Å². The number of nitrogens with two attached hydrogens (primary N) is 1. The van der Waals surface area contributed by atoms with E-state index in [2.05, 4.69) is 0 Å². The fourth-order valence-electron chi connectivity index (χ4n) is 1.66. The molecule has 0 saturated carbocycles. The van der Waals surface area contributed by atoms with E-state index in [9.17, 15) is 5.11 Å². The Hall–Kier alpha value is -0.730. The number of hydrogen-bond donors (Lipinski definition) is 2. The number of aryl methyl sites for hydroxylation is 1. The molecule has 1 unspecified atom stereocenters. The third kappa shape index (κ3) is 1.86. The number of aromatic hydroxyl groups is 1. The van der Waals surface area contributed by atoms with Crippen LogP contribution in [0, 0.1) is 13.8 Å². The number of rotatable bonds is 2. The molecule has 1 aromatic rings. The summed E-state index contributed by atoms with van der Waals surface area (Å²) < 4.78 is 0. The number of benzene rings is 1. The lowest BCUT2D eigenvalue weighted by Gasteiger charge is -2.17. The highest BCUT2D eigenvalue weighted by molar-refractivity contribution is 6.31. The van der Waals surface area contributed by atoms with E-state index in [1.807, 2.05) is 20.8 Å². The zero-order valence-corrected chi connectivity index (χ0v) is 9.52. The van der Waals surface area contributed by atoms with Gasteiger partial charge in [0, 0.05) is 5.02 Å². The van der Waals surface area contributed by atoms with Crippen LogP contribution in [0.25, 0.3) is 0 Å². The highest BCUT2D eigenvalue weighted by Crippen LogP contribution is 2.35. The fraction of sp³-hybridized carbons (Fsp3) is 0.455. The quantitative estimate of drug-likeness (QED) is 0.794. The Bertz CT molecular complexity index is 350. The van der Waals surface area contributed by atoms with Crippen molar-refractivity contribution in [2.75, 3.05) is 6.54 Å². The van der Waals surface area contributed by atoms with E-state index in [1.165, 1.54) is 0 Å². The molecule has 0 amide bonds. The van der Waals surface area contributed by atoms with Crippen LogP contribution in [0.3, 0.4) is 0 Å². The summed E-state index contributed by atoms with van der Waals surface area (Å²) in [6.45, 7) is 6.24. The fourth-order valence-corrected chi connectivity index (χ4v) is 2.15. The predicted octanol–water partition coefficient (Wildman–Crippen LogP) is 2.72. The van der Waals surface area contributed by atoms with Crippen LogP contribution < -0.4 is 5.73 Å². The van der Waals surface area contributed by atoms with Gasteiger partial charge in [-0.2, -0.15) is 0 Å². The molecule has 0 spiro atoms. The van der Waals surface area contributed by atoms with Gasteiger partial charge in [-0.05, 0) is 49.1 Å². The Morgan fingerprint density at radius 3 is 2.57 bits per heavy atom. The normalized spacial score (nSPS) is 12.9. The molecule has 1 rings (SSSR count). The maximum absolute atomic E-state index is 9.76. The van der Waals surface area contributed by atoms with E-state index < -0.39 is 0 Å². The first-order valence-electron chi connectivity index (χ1n) is 4.67. The van der Waals surface area contributed by atoms with E-state index in [0.29, 0.717) is 17.3 Å². The van der Waals surface area contributed by atoms with Crippen molar-refractivity contribution in [2.24, 2.45) is 5.73 Å². The molecule has 1 atom stereocenters. The van der Waals surface area contributed by atoms with Gasteiger partial charge in [-0.1, -0.05) is 18.5 Å². The van der Waals surface area contributed by atoms with Crippen molar-refractivity contribution in [1.29, 1.82) is 0 Å². The second-order valence-corrected chi connectivity index (χ2v) is 4.11. The first-order chi connectivity index (χ1) is 6.49. The molecule has 14 heavy (non-hydrogen) atoms. The molecule has 2 nitrogen and oxygen atoms in total. The van der Waals surface area contributed by atoms with Gasteiger partial charge in [0.05, 0.1) is 0 Å². The van der Waals surface area contributed by atoms with Crippen molar-refractivity contribution in [3.8, 4) is 5.75 Å². The van der Waals surface area contributed by atoms with Crippen molar-refractivity contribution in [2.45, 2.75) is 26.7 Å². The van der Waals surface area contributed by atoms with Crippen molar-refractivity contribution in [3.05, 3.63) is 27.8 Å². The second kappa shape index (κ2) is 4.20. The van der Waals surface area contributed by atoms with Gasteiger partial charge in [0.25, 0.3) is 0 Å². The summed E-state index contributed by atoms with van der Waals surface area (Å²) in [5.74, 6) is 0.499. The molecule has 0 bridgehead atoms. The predicted molar refractivity (Wildman–Crippen MR) is 60.1 cm³/mol. The summed E-state index contributed by atoms with van der Waals surface area (Å²) >= 11 is 6.11. The molecule has 0 heterocycles. The summed E-state index contributed by atoms with van der Waals surface area (Å²) in [6.07, 6.45) is 0. The van der Waals surface area contributed by atoms with Gasteiger partial charge < -0.3 is 10.8 Å². The largest absolute Gasteiger partial charge is 0.507 e. The average Bonchev–Trinajstić information content (AvgIpc) is 2.14. The molecule has 0 saturated heterocycles. The van der Waals surface area contributed by atoms with Crippen LogP contribution in [0.15, 0.2) is 6.07 Å². The van der Waals surface area contributed by atoms with E-state index >= 15 is 0 Å². The van der Waals surface area contributed by atoms with Crippen molar-refractivity contribution >= 4 is 11.6 Å². The molecule has 0 aromatic heterocycles. The highest BCUT2D eigenvalue weighted by atomic mass is 35.5. The Kier molecular flexibility index (Phi) is 3.40. The average molecular weight is 214 g/mol. The topological polar surface area (TPSA) is 46.2 Å². The minimum absolute atomic E-state index is 0.175. The first-order valence-corrected chi connectivity index (χ1v) is 5.05. The molecule has 0 radical (unpaired) electrons. The lowest BCUT2D eigenvalue weighted by Crippen LogP contribution is -2.11. The molecule has 0 aliphatic rings. The molecule has 0 fully saturated rings. The highest BCUT2D eigenvalue weighted by Gasteiger charge is 2.15. The van der Waals surface area contributed by atoms with Gasteiger partial charge in [-0.25, -0.2) is 0 Å². The van der Waals surface area contributed by atoms with Crippen molar-refractivity contribution < 1.29 is 5.11 Å². The van der Waals surface area contributed by atoms with E-state index in [4.69, 9.17) is 17.3 Å². The molecule has 1 aromatic carbocycles. The monoisotopic (exact) mass is 213 g/mol. The number of halogens is 1. The Morgan fingerprint density at radius 2 is 2.07 bits per heavy atom. The van der Waals surface area contributed by atoms with Crippen LogP contribution >= 0.6 is 11.6 Å². The maximum Gasteiger partial charge on any atom is 0.121 e. The first kappa shape index (κ1) is 11.3. The van der Waals surface area contributed by atoms with E-state index in [0.717, 1.165) is 16.7 Å². The third-order valence-corrected chi connectivity index (χ3v) is 2.89. The zero-order valence-electron chi connectivity index (χ0n) is 8.76. The Morgan fingerprint density at radius 1 is 1.50 bits per heavy atom. The molecule has 0 aliphatic carbocycles. The lowest BCUT2D eigenvalue weighted by atomic mass is 9.94. The summed E-state index contributed by atoms with van der Waals surface area (Å²) in [7, 11) is 0. The van der Waals surface area contributed by atoms with Crippen LogP contribution in [0.2, 0.25) is 5.02 Å². The van der Waals surface area contributed by atoms with Gasteiger partial charge in [-0.3, -0.25) is 0 Å². The van der Waals surface area contributed by atoms with Gasteiger partial charge in [-0.15, -0.1) is 0 Å². The molecule has 78 valence electrons. The van der Waals surface area contributed by atoms with Crippen LogP contribution in [0.1, 0.15) is 29.5 Å². The maximum atomic E-state index is 9.76. The summed E-state index contributed by atoms with van der Waals surface area (Å²) in [5.41, 5.74) is 8.19. The van der Waals surface area contributed by atoms with Gasteiger partial charge in [0.15, 0.2) is 0 Å². The molecular formula is C11H16ClNO. The van der Waals surface area contributed by atoms with Gasteiger partial charge >= 0.3 is 0 Å². The number of phenols is 1. The van der Waals surface area contributed by atoms with Crippen LogP contribution in [-0.2, 0) is 0 Å². The zero-order chi connectivity index (χ0) is 10.9. The minimum atomic E-state index is 0.175.